The van der Waals surface area contributed by atoms with Gasteiger partial charge in [0.2, 0.25) is 0 Å². The Kier molecular flexibility index (Phi) is 6.27. The van der Waals surface area contributed by atoms with Crippen molar-refractivity contribution < 1.29 is 19.4 Å². The molecule has 0 amide bonds. The average molecular weight is 513 g/mol. The number of rotatable bonds is 4. The van der Waals surface area contributed by atoms with E-state index < -0.39 is 8.07 Å². The molecule has 0 unspecified atom stereocenters. The highest BCUT2D eigenvalue weighted by molar-refractivity contribution is 6.92. The molecule has 1 aromatic rings. The highest BCUT2D eigenvalue weighted by Gasteiger charge is 2.62. The lowest BCUT2D eigenvalue weighted by molar-refractivity contribution is -0.191. The number of aliphatic hydroxyl groups is 1. The van der Waals surface area contributed by atoms with Gasteiger partial charge in [0.15, 0.2) is 0 Å². The van der Waals surface area contributed by atoms with Crippen molar-refractivity contribution in [2.24, 2.45) is 22.7 Å². The summed E-state index contributed by atoms with van der Waals surface area (Å²) in [5.41, 5.74) is 3.20. The van der Waals surface area contributed by atoms with Crippen LogP contribution in [0.5, 0.6) is 5.75 Å². The molecule has 6 atom stereocenters. The number of hydrogen-bond donors (Lipinski definition) is 1. The van der Waals surface area contributed by atoms with Gasteiger partial charge in [-0.05, 0) is 85.1 Å². The molecule has 2 heterocycles. The second kappa shape index (κ2) is 8.59. The summed E-state index contributed by atoms with van der Waals surface area (Å²) in [5.74, 6) is 1.78. The number of carbonyl (C=O) groups is 1. The number of carbonyl (C=O) groups excluding carboxylic acids is 1. The van der Waals surface area contributed by atoms with E-state index in [4.69, 9.17) is 9.47 Å². The zero-order chi connectivity index (χ0) is 26.3. The number of fused-ring (bicyclic) bond motifs is 6. The van der Waals surface area contributed by atoms with Crippen molar-refractivity contribution in [3.8, 4) is 5.75 Å². The van der Waals surface area contributed by atoms with E-state index in [1.54, 1.807) is 0 Å². The van der Waals surface area contributed by atoms with Crippen molar-refractivity contribution in [3.63, 3.8) is 0 Å². The van der Waals surface area contributed by atoms with Crippen LogP contribution >= 0.6 is 0 Å². The molecule has 1 N–H and O–H groups in total. The first-order chi connectivity index (χ1) is 16.9. The first-order valence-electron chi connectivity index (χ1n) is 14.6. The lowest BCUT2D eigenvalue weighted by atomic mass is 9.44. The Morgan fingerprint density at radius 1 is 0.972 bits per heavy atom. The molecule has 5 rings (SSSR count). The highest BCUT2D eigenvalue weighted by Crippen LogP contribution is 2.64. The van der Waals surface area contributed by atoms with Crippen LogP contribution in [0.25, 0.3) is 0 Å². The summed E-state index contributed by atoms with van der Waals surface area (Å²) in [6.45, 7) is 18.3. The lowest BCUT2D eigenvalue weighted by Gasteiger charge is -2.64. The maximum Gasteiger partial charge on any atom is 0.338 e. The van der Waals surface area contributed by atoms with Gasteiger partial charge >= 0.3 is 5.97 Å². The van der Waals surface area contributed by atoms with Crippen molar-refractivity contribution in [2.75, 3.05) is 0 Å². The SMILES string of the molecule is CC[Si](CC)(CC)c1cc2c(c3c1C(=O)O[C@H](C)C3)C[C@H]1[C@@]3(C)CC[C@H](O)C(C)(C)[C@@H]3CC[C@]1(C)O2. The predicted octanol–water partition coefficient (Wildman–Crippen LogP) is 6.41. The number of ether oxygens (including phenoxy) is 2. The Labute approximate surface area is 219 Å². The van der Waals surface area contributed by atoms with Crippen LogP contribution in [0.2, 0.25) is 18.1 Å². The molecule has 36 heavy (non-hydrogen) atoms. The number of hydrogen-bond acceptors (Lipinski definition) is 4. The van der Waals surface area contributed by atoms with Crippen LogP contribution in [0, 0.1) is 22.7 Å². The third-order valence-corrected chi connectivity index (χ3v) is 17.4. The fraction of sp³-hybridized carbons (Fsp3) is 0.774. The van der Waals surface area contributed by atoms with Gasteiger partial charge in [0, 0.05) is 12.3 Å². The maximum atomic E-state index is 13.5. The molecule has 2 aliphatic carbocycles. The summed E-state index contributed by atoms with van der Waals surface area (Å²) in [5, 5.41) is 12.2. The van der Waals surface area contributed by atoms with Gasteiger partial charge in [0.05, 0.1) is 19.7 Å². The standard InChI is InChI=1S/C31H48O4Si/c1-9-36(10-2,11-3)23-18-22-20(21-16-19(4)34-28(33)27(21)23)17-25-30(7)14-13-26(32)29(5,6)24(30)12-15-31(25,8)35-22/h18-19,24-26,32H,9-17H2,1-8H3/t19-,24+,25+,26+,30+,31+/m1/s1. The molecule has 2 aliphatic heterocycles. The van der Waals surface area contributed by atoms with E-state index in [1.165, 1.54) is 16.3 Å². The van der Waals surface area contributed by atoms with E-state index in [9.17, 15) is 9.90 Å². The molecule has 5 heteroatoms. The molecular formula is C31H48O4Si. The van der Waals surface area contributed by atoms with Gasteiger partial charge in [-0.3, -0.25) is 0 Å². The van der Waals surface area contributed by atoms with Crippen LogP contribution < -0.4 is 9.92 Å². The van der Waals surface area contributed by atoms with E-state index in [0.717, 1.165) is 68.0 Å². The summed E-state index contributed by atoms with van der Waals surface area (Å²) in [6.07, 6.45) is 5.44. The minimum Gasteiger partial charge on any atom is -0.487 e. The van der Waals surface area contributed by atoms with Crippen molar-refractivity contribution in [2.45, 2.75) is 130 Å². The van der Waals surface area contributed by atoms with E-state index in [2.05, 4.69) is 54.5 Å². The highest BCUT2D eigenvalue weighted by atomic mass is 28.3. The first kappa shape index (κ1) is 26.3. The molecule has 0 spiro atoms. The van der Waals surface area contributed by atoms with Gasteiger partial charge in [-0.1, -0.05) is 59.7 Å². The Morgan fingerprint density at radius 2 is 1.64 bits per heavy atom. The molecule has 0 bridgehead atoms. The molecule has 1 aromatic carbocycles. The van der Waals surface area contributed by atoms with E-state index in [-0.39, 0.29) is 34.6 Å². The second-order valence-electron chi connectivity index (χ2n) is 13.7. The molecule has 0 radical (unpaired) electrons. The van der Waals surface area contributed by atoms with Crippen molar-refractivity contribution in [1.82, 2.24) is 0 Å². The normalized spacial score (nSPS) is 37.1. The molecule has 0 aromatic heterocycles. The zero-order valence-electron chi connectivity index (χ0n) is 23.9. The van der Waals surface area contributed by atoms with Gasteiger partial charge in [0.1, 0.15) is 17.5 Å². The zero-order valence-corrected chi connectivity index (χ0v) is 24.9. The molecule has 0 saturated heterocycles. The Morgan fingerprint density at radius 3 is 2.28 bits per heavy atom. The van der Waals surface area contributed by atoms with Crippen molar-refractivity contribution in [1.29, 1.82) is 0 Å². The minimum atomic E-state index is -1.84. The molecule has 200 valence electrons. The topological polar surface area (TPSA) is 55.8 Å². The number of benzene rings is 1. The van der Waals surface area contributed by atoms with Crippen LogP contribution in [0.1, 0.15) is 103 Å². The van der Waals surface area contributed by atoms with Crippen molar-refractivity contribution in [3.05, 3.63) is 22.8 Å². The summed E-state index contributed by atoms with van der Waals surface area (Å²) in [6, 6.07) is 5.69. The largest absolute Gasteiger partial charge is 0.487 e. The third-order valence-electron chi connectivity index (χ3n) is 11.8. The van der Waals surface area contributed by atoms with Gasteiger partial charge in [-0.25, -0.2) is 4.79 Å². The van der Waals surface area contributed by atoms with E-state index >= 15 is 0 Å². The Hall–Kier alpha value is -1.33. The summed E-state index contributed by atoms with van der Waals surface area (Å²) < 4.78 is 13.0. The number of aliphatic hydroxyl groups excluding tert-OH is 1. The molecule has 2 fully saturated rings. The molecule has 4 nitrogen and oxygen atoms in total. The molecule has 2 saturated carbocycles. The third kappa shape index (κ3) is 3.51. The van der Waals surface area contributed by atoms with Gasteiger partial charge in [0.25, 0.3) is 0 Å². The van der Waals surface area contributed by atoms with Crippen LogP contribution in [0.15, 0.2) is 6.07 Å². The minimum absolute atomic E-state index is 0.0925. The van der Waals surface area contributed by atoms with Crippen LogP contribution in [0.4, 0.5) is 0 Å². The summed E-state index contributed by atoms with van der Waals surface area (Å²) >= 11 is 0. The predicted molar refractivity (Wildman–Crippen MR) is 148 cm³/mol. The van der Waals surface area contributed by atoms with Crippen LogP contribution in [-0.2, 0) is 17.6 Å². The quantitative estimate of drug-likeness (QED) is 0.374. The first-order valence-corrected chi connectivity index (χ1v) is 17.3. The van der Waals surface area contributed by atoms with Gasteiger partial charge in [-0.15, -0.1) is 0 Å². The molecule has 4 aliphatic rings. The average Bonchev–Trinajstić information content (AvgIpc) is 2.81. The monoisotopic (exact) mass is 512 g/mol. The second-order valence-corrected chi connectivity index (χ2v) is 18.9. The number of cyclic esters (lactones) is 1. The van der Waals surface area contributed by atoms with Crippen LogP contribution in [0.3, 0.4) is 0 Å². The summed E-state index contributed by atoms with van der Waals surface area (Å²) in [7, 11) is -1.84. The van der Waals surface area contributed by atoms with Crippen molar-refractivity contribution >= 4 is 19.2 Å². The maximum absolute atomic E-state index is 13.5. The Bertz CT molecular complexity index is 1050. The van der Waals surface area contributed by atoms with Gasteiger partial charge in [-0.2, -0.15) is 0 Å². The smallest absolute Gasteiger partial charge is 0.338 e. The van der Waals surface area contributed by atoms with Gasteiger partial charge < -0.3 is 14.6 Å². The molecular weight excluding hydrogens is 464 g/mol. The lowest BCUT2D eigenvalue weighted by Crippen LogP contribution is -2.64. The Balaban J connectivity index is 1.69. The fourth-order valence-electron chi connectivity index (χ4n) is 9.36. The van der Waals surface area contributed by atoms with E-state index in [0.29, 0.717) is 11.8 Å². The fourth-order valence-corrected chi connectivity index (χ4v) is 13.2. The number of esters is 1. The summed E-state index contributed by atoms with van der Waals surface area (Å²) in [4.78, 5) is 13.5. The van der Waals surface area contributed by atoms with Crippen LogP contribution in [-0.4, -0.2) is 37.0 Å². The van der Waals surface area contributed by atoms with E-state index in [1.807, 2.05) is 6.92 Å².